The van der Waals surface area contributed by atoms with Crippen molar-refractivity contribution in [2.45, 2.75) is 6.92 Å². The van der Waals surface area contributed by atoms with Gasteiger partial charge in [0.25, 0.3) is 17.5 Å². The fraction of sp³-hybridized carbons (Fsp3) is 0.0909. The first-order valence-corrected chi connectivity index (χ1v) is 9.04. The highest BCUT2D eigenvalue weighted by Gasteiger charge is 2.15. The van der Waals surface area contributed by atoms with Gasteiger partial charge in [-0.1, -0.05) is 29.8 Å². The Morgan fingerprint density at radius 1 is 1.07 bits per heavy atom. The molecular formula is C22H19N3O5. The smallest absolute Gasteiger partial charge is 0.270 e. The quantitative estimate of drug-likeness (QED) is 0.369. The summed E-state index contributed by atoms with van der Waals surface area (Å²) in [5, 5.41) is 16.0. The molecule has 0 fully saturated rings. The molecule has 3 rings (SSSR count). The zero-order chi connectivity index (χ0) is 21.7. The zero-order valence-corrected chi connectivity index (χ0v) is 16.3. The Bertz CT molecular complexity index is 1130. The standard InChI is InChI=1S/C22H19N3O5/c1-14-6-8-15(9-7-14)21(26)24-19(22(27)23-2)13-18-10-11-20(30-18)16-4-3-5-17(12-16)25(28)29/h3-13H,1-2H3,(H,23,27)(H,24,26). The van der Waals surface area contributed by atoms with E-state index in [1.54, 1.807) is 48.5 Å². The van der Waals surface area contributed by atoms with Crippen LogP contribution in [0, 0.1) is 17.0 Å². The molecule has 0 aliphatic rings. The van der Waals surface area contributed by atoms with Gasteiger partial charge in [0.15, 0.2) is 0 Å². The van der Waals surface area contributed by atoms with Gasteiger partial charge in [0.05, 0.1) is 4.92 Å². The lowest BCUT2D eigenvalue weighted by molar-refractivity contribution is -0.384. The van der Waals surface area contributed by atoms with E-state index in [4.69, 9.17) is 4.42 Å². The fourth-order valence-corrected chi connectivity index (χ4v) is 2.69. The van der Waals surface area contributed by atoms with Crippen molar-refractivity contribution < 1.29 is 18.9 Å². The SMILES string of the molecule is CNC(=O)C(=Cc1ccc(-c2cccc([N+](=O)[O-])c2)o1)NC(=O)c1ccc(C)cc1. The molecule has 2 N–H and O–H groups in total. The van der Waals surface area contributed by atoms with E-state index in [9.17, 15) is 19.7 Å². The second-order valence-corrected chi connectivity index (χ2v) is 6.47. The second-order valence-electron chi connectivity index (χ2n) is 6.47. The first-order chi connectivity index (χ1) is 14.4. The topological polar surface area (TPSA) is 114 Å². The fourth-order valence-electron chi connectivity index (χ4n) is 2.69. The van der Waals surface area contributed by atoms with Gasteiger partial charge < -0.3 is 15.1 Å². The van der Waals surface area contributed by atoms with Crippen molar-refractivity contribution in [1.82, 2.24) is 10.6 Å². The summed E-state index contributed by atoms with van der Waals surface area (Å²) >= 11 is 0. The molecule has 30 heavy (non-hydrogen) atoms. The molecule has 1 aromatic heterocycles. The van der Waals surface area contributed by atoms with Crippen LogP contribution in [0.1, 0.15) is 21.7 Å². The Hall–Kier alpha value is -4.20. The maximum absolute atomic E-state index is 12.5. The third kappa shape index (κ3) is 4.79. The predicted octanol–water partition coefficient (Wildman–Crippen LogP) is 3.68. The van der Waals surface area contributed by atoms with Crippen LogP contribution in [0.2, 0.25) is 0 Å². The number of furan rings is 1. The van der Waals surface area contributed by atoms with E-state index < -0.39 is 16.7 Å². The van der Waals surface area contributed by atoms with Crippen LogP contribution in [0.5, 0.6) is 0 Å². The first kappa shape index (κ1) is 20.5. The number of nitrogens with zero attached hydrogens (tertiary/aromatic N) is 1. The Labute approximate surface area is 172 Å². The molecule has 1 heterocycles. The van der Waals surface area contributed by atoms with Crippen molar-refractivity contribution >= 4 is 23.6 Å². The minimum absolute atomic E-state index is 0.00279. The predicted molar refractivity (Wildman–Crippen MR) is 111 cm³/mol. The van der Waals surface area contributed by atoms with Crippen LogP contribution in [0.15, 0.2) is 70.8 Å². The second kappa shape index (κ2) is 8.87. The third-order valence-electron chi connectivity index (χ3n) is 4.29. The molecule has 0 unspecified atom stereocenters. The molecule has 0 radical (unpaired) electrons. The molecule has 152 valence electrons. The summed E-state index contributed by atoms with van der Waals surface area (Å²) in [5.74, 6) is -0.232. The van der Waals surface area contributed by atoms with Gasteiger partial charge in [-0.05, 0) is 31.2 Å². The van der Waals surface area contributed by atoms with Gasteiger partial charge in [0, 0.05) is 36.4 Å². The van der Waals surface area contributed by atoms with Crippen molar-refractivity contribution in [2.24, 2.45) is 0 Å². The molecular weight excluding hydrogens is 386 g/mol. The Morgan fingerprint density at radius 3 is 2.47 bits per heavy atom. The number of amides is 2. The maximum atomic E-state index is 12.5. The van der Waals surface area contributed by atoms with Crippen molar-refractivity contribution in [3.8, 4) is 11.3 Å². The van der Waals surface area contributed by atoms with E-state index in [2.05, 4.69) is 10.6 Å². The van der Waals surface area contributed by atoms with Crippen LogP contribution in [-0.2, 0) is 4.79 Å². The molecule has 8 heteroatoms. The summed E-state index contributed by atoms with van der Waals surface area (Å²) < 4.78 is 5.70. The summed E-state index contributed by atoms with van der Waals surface area (Å²) in [4.78, 5) is 35.2. The average molecular weight is 405 g/mol. The molecule has 0 bridgehead atoms. The van der Waals surface area contributed by atoms with Gasteiger partial charge in [0.1, 0.15) is 17.2 Å². The number of nitro benzene ring substituents is 1. The molecule has 0 saturated heterocycles. The lowest BCUT2D eigenvalue weighted by atomic mass is 10.1. The van der Waals surface area contributed by atoms with Gasteiger partial charge in [-0.25, -0.2) is 0 Å². The van der Waals surface area contributed by atoms with E-state index in [-0.39, 0.29) is 11.4 Å². The van der Waals surface area contributed by atoms with Crippen LogP contribution in [0.4, 0.5) is 5.69 Å². The summed E-state index contributed by atoms with van der Waals surface area (Å²) in [6, 6.07) is 16.2. The molecule has 0 spiro atoms. The van der Waals surface area contributed by atoms with Crippen molar-refractivity contribution in [2.75, 3.05) is 7.05 Å². The number of hydrogen-bond acceptors (Lipinski definition) is 5. The summed E-state index contributed by atoms with van der Waals surface area (Å²) in [5.41, 5.74) is 1.89. The molecule has 0 saturated carbocycles. The molecule has 2 amide bonds. The molecule has 0 aliphatic heterocycles. The Kier molecular flexibility index (Phi) is 6.07. The van der Waals surface area contributed by atoms with Gasteiger partial charge >= 0.3 is 0 Å². The number of rotatable bonds is 6. The van der Waals surface area contributed by atoms with Crippen LogP contribution < -0.4 is 10.6 Å². The average Bonchev–Trinajstić information content (AvgIpc) is 3.21. The van der Waals surface area contributed by atoms with Gasteiger partial charge in [-0.3, -0.25) is 19.7 Å². The monoisotopic (exact) mass is 405 g/mol. The highest BCUT2D eigenvalue weighted by molar-refractivity contribution is 6.05. The summed E-state index contributed by atoms with van der Waals surface area (Å²) in [6.07, 6.45) is 1.39. The van der Waals surface area contributed by atoms with E-state index >= 15 is 0 Å². The van der Waals surface area contributed by atoms with Crippen molar-refractivity contribution in [3.05, 3.63) is 93.4 Å². The minimum Gasteiger partial charge on any atom is -0.457 e. The molecule has 0 atom stereocenters. The third-order valence-corrected chi connectivity index (χ3v) is 4.29. The number of carbonyl (C=O) groups is 2. The lowest BCUT2D eigenvalue weighted by Crippen LogP contribution is -2.33. The van der Waals surface area contributed by atoms with Crippen LogP contribution >= 0.6 is 0 Å². The maximum Gasteiger partial charge on any atom is 0.270 e. The largest absolute Gasteiger partial charge is 0.457 e. The number of hydrogen-bond donors (Lipinski definition) is 2. The van der Waals surface area contributed by atoms with E-state index in [0.717, 1.165) is 5.56 Å². The van der Waals surface area contributed by atoms with E-state index in [0.29, 0.717) is 22.6 Å². The number of aryl methyl sites for hydroxylation is 1. The van der Waals surface area contributed by atoms with Crippen LogP contribution in [0.25, 0.3) is 17.4 Å². The van der Waals surface area contributed by atoms with Crippen molar-refractivity contribution in [3.63, 3.8) is 0 Å². The molecule has 0 aliphatic carbocycles. The number of benzene rings is 2. The number of non-ortho nitro benzene ring substituents is 1. The number of nitro groups is 1. The normalized spacial score (nSPS) is 11.1. The molecule has 8 nitrogen and oxygen atoms in total. The highest BCUT2D eigenvalue weighted by Crippen LogP contribution is 2.26. The van der Waals surface area contributed by atoms with Crippen LogP contribution in [-0.4, -0.2) is 23.8 Å². The van der Waals surface area contributed by atoms with E-state index in [1.807, 2.05) is 6.92 Å². The van der Waals surface area contributed by atoms with Crippen LogP contribution in [0.3, 0.4) is 0 Å². The minimum atomic E-state index is -0.497. The number of nitrogens with one attached hydrogen (secondary N) is 2. The Morgan fingerprint density at radius 2 is 1.80 bits per heavy atom. The highest BCUT2D eigenvalue weighted by atomic mass is 16.6. The zero-order valence-electron chi connectivity index (χ0n) is 16.3. The van der Waals surface area contributed by atoms with Crippen molar-refractivity contribution in [1.29, 1.82) is 0 Å². The molecule has 3 aromatic rings. The first-order valence-electron chi connectivity index (χ1n) is 9.04. The van der Waals surface area contributed by atoms with Gasteiger partial charge in [-0.15, -0.1) is 0 Å². The van der Waals surface area contributed by atoms with Gasteiger partial charge in [0.2, 0.25) is 0 Å². The number of likely N-dealkylation sites (N-methyl/N-ethyl adjacent to an activating group) is 1. The molecule has 2 aromatic carbocycles. The summed E-state index contributed by atoms with van der Waals surface area (Å²) in [7, 11) is 1.45. The Balaban J connectivity index is 1.87. The van der Waals surface area contributed by atoms with E-state index in [1.165, 1.54) is 25.3 Å². The number of carbonyl (C=O) groups excluding carboxylic acids is 2. The van der Waals surface area contributed by atoms with Gasteiger partial charge in [-0.2, -0.15) is 0 Å². The lowest BCUT2D eigenvalue weighted by Gasteiger charge is -2.08. The summed E-state index contributed by atoms with van der Waals surface area (Å²) in [6.45, 7) is 1.91.